The minimum atomic E-state index is 0.0850. The molecular weight excluding hydrogens is 266 g/mol. The number of nitrogens with two attached hydrogens (primary N) is 1. The summed E-state index contributed by atoms with van der Waals surface area (Å²) in [6, 6.07) is 5.91. The molecule has 2 N–H and O–H groups in total. The number of methoxy groups -OCH3 is 1. The van der Waals surface area contributed by atoms with Gasteiger partial charge < -0.3 is 19.9 Å². The smallest absolute Gasteiger partial charge is 0.122 e. The molecule has 0 bridgehead atoms. The molecular formula is C17H29NO3. The monoisotopic (exact) mass is 295 g/mol. The van der Waals surface area contributed by atoms with Crippen LogP contribution in [-0.2, 0) is 11.2 Å². The fourth-order valence-electron chi connectivity index (χ4n) is 1.96. The molecule has 0 radical (unpaired) electrons. The van der Waals surface area contributed by atoms with Gasteiger partial charge in [0.1, 0.15) is 18.1 Å². The van der Waals surface area contributed by atoms with Gasteiger partial charge >= 0.3 is 0 Å². The number of rotatable bonds is 10. The van der Waals surface area contributed by atoms with Crippen LogP contribution in [0.3, 0.4) is 0 Å². The van der Waals surface area contributed by atoms with Crippen LogP contribution < -0.4 is 15.2 Å². The van der Waals surface area contributed by atoms with Crippen molar-refractivity contribution in [2.45, 2.75) is 39.7 Å². The molecule has 4 heteroatoms. The standard InChI is InChI=1S/C17H29NO3/c1-13(2)7-8-20-9-10-21-17-6-5-16(19-4)12-15(17)11-14(3)18/h5-6,12-14H,7-11,18H2,1-4H3. The molecule has 0 spiro atoms. The van der Waals surface area contributed by atoms with E-state index >= 15 is 0 Å². The van der Waals surface area contributed by atoms with Crippen molar-refractivity contribution in [1.82, 2.24) is 0 Å². The summed E-state index contributed by atoms with van der Waals surface area (Å²) < 4.78 is 16.6. The summed E-state index contributed by atoms with van der Waals surface area (Å²) in [7, 11) is 1.66. The van der Waals surface area contributed by atoms with Crippen molar-refractivity contribution >= 4 is 0 Å². The van der Waals surface area contributed by atoms with Gasteiger partial charge in [0.25, 0.3) is 0 Å². The van der Waals surface area contributed by atoms with Gasteiger partial charge in [0.15, 0.2) is 0 Å². The van der Waals surface area contributed by atoms with Crippen LogP contribution in [-0.4, -0.2) is 33.0 Å². The van der Waals surface area contributed by atoms with Gasteiger partial charge in [-0.05, 0) is 49.4 Å². The highest BCUT2D eigenvalue weighted by Crippen LogP contribution is 2.25. The van der Waals surface area contributed by atoms with Crippen LogP contribution in [0.2, 0.25) is 0 Å². The molecule has 0 aromatic heterocycles. The molecule has 21 heavy (non-hydrogen) atoms. The van der Waals surface area contributed by atoms with Crippen LogP contribution in [0.4, 0.5) is 0 Å². The molecule has 0 aliphatic rings. The summed E-state index contributed by atoms with van der Waals surface area (Å²) in [6.45, 7) is 8.32. The number of hydrogen-bond acceptors (Lipinski definition) is 4. The SMILES string of the molecule is COc1ccc(OCCOCCC(C)C)c(CC(C)N)c1. The topological polar surface area (TPSA) is 53.7 Å². The maximum Gasteiger partial charge on any atom is 0.122 e. The molecule has 1 atom stereocenters. The van der Waals surface area contributed by atoms with Gasteiger partial charge in [-0.1, -0.05) is 13.8 Å². The molecule has 4 nitrogen and oxygen atoms in total. The van der Waals surface area contributed by atoms with Gasteiger partial charge in [-0.15, -0.1) is 0 Å². The minimum absolute atomic E-state index is 0.0850. The van der Waals surface area contributed by atoms with Crippen molar-refractivity contribution in [1.29, 1.82) is 0 Å². The average Bonchev–Trinajstić information content (AvgIpc) is 2.42. The average molecular weight is 295 g/mol. The van der Waals surface area contributed by atoms with Crippen molar-refractivity contribution in [3.05, 3.63) is 23.8 Å². The maximum atomic E-state index is 5.89. The van der Waals surface area contributed by atoms with E-state index in [4.69, 9.17) is 19.9 Å². The lowest BCUT2D eigenvalue weighted by atomic mass is 10.1. The van der Waals surface area contributed by atoms with E-state index in [0.717, 1.165) is 36.5 Å². The van der Waals surface area contributed by atoms with E-state index in [9.17, 15) is 0 Å². The Balaban J connectivity index is 2.45. The van der Waals surface area contributed by atoms with Crippen LogP contribution in [0.5, 0.6) is 11.5 Å². The van der Waals surface area contributed by atoms with E-state index in [1.807, 2.05) is 25.1 Å². The summed E-state index contributed by atoms with van der Waals surface area (Å²) in [4.78, 5) is 0. The molecule has 1 aromatic carbocycles. The van der Waals surface area contributed by atoms with E-state index in [0.29, 0.717) is 19.1 Å². The van der Waals surface area contributed by atoms with Gasteiger partial charge in [-0.2, -0.15) is 0 Å². The Hall–Kier alpha value is -1.26. The second-order valence-corrected chi connectivity index (χ2v) is 5.80. The van der Waals surface area contributed by atoms with E-state index in [-0.39, 0.29) is 6.04 Å². The summed E-state index contributed by atoms with van der Waals surface area (Å²) >= 11 is 0. The van der Waals surface area contributed by atoms with E-state index in [2.05, 4.69) is 13.8 Å². The van der Waals surface area contributed by atoms with Crippen LogP contribution >= 0.6 is 0 Å². The number of benzene rings is 1. The number of hydrogen-bond donors (Lipinski definition) is 1. The molecule has 0 saturated heterocycles. The first-order valence-corrected chi connectivity index (χ1v) is 7.66. The largest absolute Gasteiger partial charge is 0.497 e. The van der Waals surface area contributed by atoms with Crippen LogP contribution in [0.1, 0.15) is 32.8 Å². The zero-order valence-corrected chi connectivity index (χ0v) is 13.7. The molecule has 0 amide bonds. The number of ether oxygens (including phenoxy) is 3. The van der Waals surface area contributed by atoms with Crippen molar-refractivity contribution < 1.29 is 14.2 Å². The Kier molecular flexibility index (Phi) is 8.16. The minimum Gasteiger partial charge on any atom is -0.497 e. The predicted molar refractivity (Wildman–Crippen MR) is 86.1 cm³/mol. The normalized spacial score (nSPS) is 12.5. The fraction of sp³-hybridized carbons (Fsp3) is 0.647. The molecule has 0 fully saturated rings. The zero-order valence-electron chi connectivity index (χ0n) is 13.7. The van der Waals surface area contributed by atoms with Crippen LogP contribution in [0.15, 0.2) is 18.2 Å². The summed E-state index contributed by atoms with van der Waals surface area (Å²) in [6.07, 6.45) is 1.85. The van der Waals surface area contributed by atoms with Crippen molar-refractivity contribution in [2.75, 3.05) is 26.9 Å². The second kappa shape index (κ2) is 9.64. The Morgan fingerprint density at radius 1 is 1.10 bits per heavy atom. The van der Waals surface area contributed by atoms with Gasteiger partial charge in [-0.25, -0.2) is 0 Å². The lowest BCUT2D eigenvalue weighted by Gasteiger charge is -2.14. The maximum absolute atomic E-state index is 5.89. The third-order valence-corrected chi connectivity index (χ3v) is 3.13. The highest BCUT2D eigenvalue weighted by Gasteiger charge is 2.08. The molecule has 0 saturated carbocycles. The van der Waals surface area contributed by atoms with Crippen molar-refractivity contribution in [2.24, 2.45) is 11.7 Å². The zero-order chi connectivity index (χ0) is 15.7. The molecule has 1 unspecified atom stereocenters. The van der Waals surface area contributed by atoms with Crippen molar-refractivity contribution in [3.8, 4) is 11.5 Å². The third-order valence-electron chi connectivity index (χ3n) is 3.13. The highest BCUT2D eigenvalue weighted by atomic mass is 16.5. The Bertz CT molecular complexity index is 405. The lowest BCUT2D eigenvalue weighted by molar-refractivity contribution is 0.0922. The van der Waals surface area contributed by atoms with Crippen molar-refractivity contribution in [3.63, 3.8) is 0 Å². The summed E-state index contributed by atoms with van der Waals surface area (Å²) in [5, 5.41) is 0. The molecule has 0 heterocycles. The van der Waals surface area contributed by atoms with E-state index in [1.54, 1.807) is 7.11 Å². The Morgan fingerprint density at radius 2 is 1.86 bits per heavy atom. The van der Waals surface area contributed by atoms with Gasteiger partial charge in [0.05, 0.1) is 13.7 Å². The fourth-order valence-corrected chi connectivity index (χ4v) is 1.96. The molecule has 120 valence electrons. The Morgan fingerprint density at radius 3 is 2.48 bits per heavy atom. The molecule has 1 aromatic rings. The van der Waals surface area contributed by atoms with Gasteiger partial charge in [0.2, 0.25) is 0 Å². The van der Waals surface area contributed by atoms with E-state index in [1.165, 1.54) is 0 Å². The molecule has 0 aliphatic carbocycles. The quantitative estimate of drug-likeness (QED) is 0.674. The first kappa shape index (κ1) is 17.8. The third kappa shape index (κ3) is 7.34. The Labute approximate surface area is 128 Å². The predicted octanol–water partition coefficient (Wildman–Crippen LogP) is 3.03. The van der Waals surface area contributed by atoms with Gasteiger partial charge in [0, 0.05) is 12.6 Å². The highest BCUT2D eigenvalue weighted by molar-refractivity contribution is 5.40. The molecule has 0 aliphatic heterocycles. The van der Waals surface area contributed by atoms with Gasteiger partial charge in [-0.3, -0.25) is 0 Å². The first-order valence-electron chi connectivity index (χ1n) is 7.66. The summed E-state index contributed by atoms with van der Waals surface area (Å²) in [5.41, 5.74) is 6.96. The van der Waals surface area contributed by atoms with Crippen LogP contribution in [0.25, 0.3) is 0 Å². The first-order chi connectivity index (χ1) is 10.0. The van der Waals surface area contributed by atoms with E-state index < -0.39 is 0 Å². The second-order valence-electron chi connectivity index (χ2n) is 5.80. The summed E-state index contributed by atoms with van der Waals surface area (Å²) in [5.74, 6) is 2.36. The molecule has 1 rings (SSSR count). The lowest BCUT2D eigenvalue weighted by Crippen LogP contribution is -2.18. The van der Waals surface area contributed by atoms with Crippen LogP contribution in [0, 0.1) is 5.92 Å².